The average molecular weight is 257 g/mol. The number of hydrogen-bond donors (Lipinski definition) is 1. The summed E-state index contributed by atoms with van der Waals surface area (Å²) in [6.45, 7) is 0.198. The van der Waals surface area contributed by atoms with Crippen molar-refractivity contribution in [2.45, 2.75) is 12.8 Å². The predicted octanol–water partition coefficient (Wildman–Crippen LogP) is 1.32. The first-order chi connectivity index (χ1) is 7.10. The molecule has 0 radical (unpaired) electrons. The van der Waals surface area contributed by atoms with Crippen LogP contribution in [-0.2, 0) is 11.2 Å². The number of nitrogens with two attached hydrogens (primary N) is 1. The summed E-state index contributed by atoms with van der Waals surface area (Å²) in [5.74, 6) is -1.71. The Morgan fingerprint density at radius 1 is 1.62 bits per heavy atom. The van der Waals surface area contributed by atoms with Gasteiger partial charge in [0.05, 0.1) is 7.11 Å². The zero-order chi connectivity index (χ0) is 11.4. The molecule has 1 aromatic rings. The van der Waals surface area contributed by atoms with Crippen molar-refractivity contribution in [1.29, 1.82) is 0 Å². The first kappa shape index (κ1) is 14.8. The number of alkyl halides is 2. The maximum atomic E-state index is 12.4. The lowest BCUT2D eigenvalue weighted by atomic mass is 10.3. The fourth-order valence-corrected chi connectivity index (χ4v) is 0.999. The molecule has 0 saturated heterocycles. The molecule has 1 heterocycles. The molecular formula is C8H11ClF2N2O3. The SMILES string of the molecule is COC(=O)c1nc(CCN)oc1C(F)F.Cl. The highest BCUT2D eigenvalue weighted by Gasteiger charge is 2.26. The van der Waals surface area contributed by atoms with Crippen LogP contribution in [0.2, 0.25) is 0 Å². The van der Waals surface area contributed by atoms with Crippen molar-refractivity contribution < 1.29 is 22.7 Å². The Morgan fingerprint density at radius 2 is 2.25 bits per heavy atom. The van der Waals surface area contributed by atoms with Gasteiger partial charge in [0.15, 0.2) is 11.6 Å². The molecule has 0 aliphatic heterocycles. The molecule has 92 valence electrons. The number of oxazole rings is 1. The number of aromatic nitrogens is 1. The maximum Gasteiger partial charge on any atom is 0.360 e. The predicted molar refractivity (Wildman–Crippen MR) is 52.8 cm³/mol. The third-order valence-corrected chi connectivity index (χ3v) is 1.63. The number of nitrogens with zero attached hydrogens (tertiary/aromatic N) is 1. The van der Waals surface area contributed by atoms with Crippen LogP contribution in [0.4, 0.5) is 8.78 Å². The summed E-state index contributed by atoms with van der Waals surface area (Å²) in [5, 5.41) is 0. The van der Waals surface area contributed by atoms with E-state index in [0.29, 0.717) is 0 Å². The molecule has 0 aliphatic rings. The number of carbonyl (C=O) groups is 1. The van der Waals surface area contributed by atoms with E-state index in [-0.39, 0.29) is 31.3 Å². The summed E-state index contributed by atoms with van der Waals surface area (Å²) in [7, 11) is 1.08. The number of esters is 1. The van der Waals surface area contributed by atoms with Crippen molar-refractivity contribution in [2.24, 2.45) is 5.73 Å². The van der Waals surface area contributed by atoms with Crippen LogP contribution < -0.4 is 5.73 Å². The Bertz CT molecular complexity index is 357. The summed E-state index contributed by atoms with van der Waals surface area (Å²) in [5.41, 5.74) is 4.71. The zero-order valence-corrected chi connectivity index (χ0v) is 9.22. The number of rotatable bonds is 4. The van der Waals surface area contributed by atoms with Gasteiger partial charge in [-0.1, -0.05) is 0 Å². The van der Waals surface area contributed by atoms with Crippen molar-refractivity contribution >= 4 is 18.4 Å². The molecule has 16 heavy (non-hydrogen) atoms. The lowest BCUT2D eigenvalue weighted by Gasteiger charge is -1.96. The van der Waals surface area contributed by atoms with E-state index in [1.807, 2.05) is 0 Å². The van der Waals surface area contributed by atoms with Gasteiger partial charge < -0.3 is 14.9 Å². The second-order valence-corrected chi connectivity index (χ2v) is 2.65. The van der Waals surface area contributed by atoms with Crippen molar-refractivity contribution in [3.05, 3.63) is 17.3 Å². The summed E-state index contributed by atoms with van der Waals surface area (Å²) in [4.78, 5) is 14.6. The molecule has 1 aromatic heterocycles. The smallest absolute Gasteiger partial charge is 0.360 e. The third kappa shape index (κ3) is 3.14. The van der Waals surface area contributed by atoms with Crippen LogP contribution in [-0.4, -0.2) is 24.6 Å². The van der Waals surface area contributed by atoms with Crippen molar-refractivity contribution in [3.63, 3.8) is 0 Å². The topological polar surface area (TPSA) is 78.3 Å². The Labute approximate surface area is 96.4 Å². The molecular weight excluding hydrogens is 246 g/mol. The van der Waals surface area contributed by atoms with E-state index in [9.17, 15) is 13.6 Å². The Balaban J connectivity index is 0.00000225. The Kier molecular flexibility index (Phi) is 5.91. The lowest BCUT2D eigenvalue weighted by molar-refractivity contribution is 0.0574. The van der Waals surface area contributed by atoms with E-state index in [1.54, 1.807) is 0 Å². The molecule has 0 unspecified atom stereocenters. The largest absolute Gasteiger partial charge is 0.464 e. The van der Waals surface area contributed by atoms with Crippen LogP contribution in [0.1, 0.15) is 28.6 Å². The normalized spacial score (nSPS) is 10.1. The number of carbonyl (C=O) groups excluding carboxylic acids is 1. The van der Waals surface area contributed by atoms with Crippen LogP contribution in [0.3, 0.4) is 0 Å². The molecule has 1 rings (SSSR count). The van der Waals surface area contributed by atoms with Crippen molar-refractivity contribution in [2.75, 3.05) is 13.7 Å². The van der Waals surface area contributed by atoms with Gasteiger partial charge >= 0.3 is 5.97 Å². The van der Waals surface area contributed by atoms with Gasteiger partial charge in [0.25, 0.3) is 6.43 Å². The second-order valence-electron chi connectivity index (χ2n) is 2.65. The minimum atomic E-state index is -2.90. The van der Waals surface area contributed by atoms with E-state index >= 15 is 0 Å². The Morgan fingerprint density at radius 3 is 2.69 bits per heavy atom. The molecule has 8 heteroatoms. The molecule has 5 nitrogen and oxygen atoms in total. The number of hydrogen-bond acceptors (Lipinski definition) is 5. The molecule has 0 bridgehead atoms. The second kappa shape index (κ2) is 6.39. The molecule has 0 aliphatic carbocycles. The minimum Gasteiger partial charge on any atom is -0.464 e. The van der Waals surface area contributed by atoms with Gasteiger partial charge in [-0.25, -0.2) is 18.6 Å². The van der Waals surface area contributed by atoms with Gasteiger partial charge in [0.2, 0.25) is 5.76 Å². The summed E-state index contributed by atoms with van der Waals surface area (Å²) in [6, 6.07) is 0. The van der Waals surface area contributed by atoms with Gasteiger partial charge in [0.1, 0.15) is 0 Å². The van der Waals surface area contributed by atoms with Crippen LogP contribution >= 0.6 is 12.4 Å². The summed E-state index contributed by atoms with van der Waals surface area (Å²) >= 11 is 0. The van der Waals surface area contributed by atoms with E-state index in [2.05, 4.69) is 9.72 Å². The highest BCUT2D eigenvalue weighted by molar-refractivity contribution is 5.88. The first-order valence-corrected chi connectivity index (χ1v) is 4.16. The molecule has 0 aromatic carbocycles. The van der Waals surface area contributed by atoms with E-state index in [0.717, 1.165) is 7.11 Å². The van der Waals surface area contributed by atoms with Gasteiger partial charge in [-0.15, -0.1) is 12.4 Å². The molecule has 0 atom stereocenters. The highest BCUT2D eigenvalue weighted by atomic mass is 35.5. The quantitative estimate of drug-likeness (QED) is 0.822. The van der Waals surface area contributed by atoms with E-state index in [1.165, 1.54) is 0 Å². The van der Waals surface area contributed by atoms with Crippen molar-refractivity contribution in [1.82, 2.24) is 4.98 Å². The lowest BCUT2D eigenvalue weighted by Crippen LogP contribution is -2.06. The molecule has 0 spiro atoms. The van der Waals surface area contributed by atoms with Crippen molar-refractivity contribution in [3.8, 4) is 0 Å². The molecule has 0 saturated carbocycles. The van der Waals surface area contributed by atoms with E-state index in [4.69, 9.17) is 10.2 Å². The van der Waals surface area contributed by atoms with Crippen LogP contribution in [0.5, 0.6) is 0 Å². The van der Waals surface area contributed by atoms with Gasteiger partial charge in [-0.2, -0.15) is 0 Å². The number of methoxy groups -OCH3 is 1. The van der Waals surface area contributed by atoms with Crippen LogP contribution in [0.25, 0.3) is 0 Å². The van der Waals surface area contributed by atoms with Crippen LogP contribution in [0.15, 0.2) is 4.42 Å². The summed E-state index contributed by atoms with van der Waals surface area (Å²) < 4.78 is 33.8. The number of halogens is 3. The minimum absolute atomic E-state index is 0. The summed E-state index contributed by atoms with van der Waals surface area (Å²) in [6.07, 6.45) is -2.71. The van der Waals surface area contributed by atoms with Gasteiger partial charge in [-0.05, 0) is 0 Å². The first-order valence-electron chi connectivity index (χ1n) is 4.16. The molecule has 0 fully saturated rings. The van der Waals surface area contributed by atoms with Crippen LogP contribution in [0, 0.1) is 0 Å². The highest BCUT2D eigenvalue weighted by Crippen LogP contribution is 2.24. The zero-order valence-electron chi connectivity index (χ0n) is 8.41. The fraction of sp³-hybridized carbons (Fsp3) is 0.500. The van der Waals surface area contributed by atoms with E-state index < -0.39 is 23.8 Å². The molecule has 2 N–H and O–H groups in total. The molecule has 0 amide bonds. The number of ether oxygens (including phenoxy) is 1. The van der Waals surface area contributed by atoms with Gasteiger partial charge in [-0.3, -0.25) is 0 Å². The maximum absolute atomic E-state index is 12.4. The fourth-order valence-electron chi connectivity index (χ4n) is 0.999. The van der Waals surface area contributed by atoms with Gasteiger partial charge in [0, 0.05) is 13.0 Å². The standard InChI is InChI=1S/C8H10F2N2O3.ClH/c1-14-8(13)5-6(7(9)10)15-4(12-5)2-3-11;/h7H,2-3,11H2,1H3;1H. The monoisotopic (exact) mass is 256 g/mol. The average Bonchev–Trinajstić information content (AvgIpc) is 2.61. The third-order valence-electron chi connectivity index (χ3n) is 1.63. The Hall–Kier alpha value is -1.21.